The van der Waals surface area contributed by atoms with Crippen LogP contribution in [0.1, 0.15) is 22.8 Å². The van der Waals surface area contributed by atoms with Crippen molar-refractivity contribution in [1.29, 1.82) is 0 Å². The number of carbonyl (C=O) groups excluding carboxylic acids is 1. The number of carbonyl (C=O) groups is 1. The van der Waals surface area contributed by atoms with Crippen LogP contribution in [0.25, 0.3) is 0 Å². The van der Waals surface area contributed by atoms with Crippen molar-refractivity contribution >= 4 is 58.4 Å². The Morgan fingerprint density at radius 2 is 1.82 bits per heavy atom. The van der Waals surface area contributed by atoms with Gasteiger partial charge in [-0.2, -0.15) is 5.10 Å². The van der Waals surface area contributed by atoms with Gasteiger partial charge >= 0.3 is 5.97 Å². The third kappa shape index (κ3) is 7.08. The van der Waals surface area contributed by atoms with Crippen LogP contribution in [0.4, 0.5) is 5.69 Å². The van der Waals surface area contributed by atoms with Gasteiger partial charge in [0.05, 0.1) is 30.5 Å². The van der Waals surface area contributed by atoms with Crippen LogP contribution in [0.2, 0.25) is 10.0 Å². The first kappa shape index (κ1) is 25.3. The molecule has 0 aliphatic carbocycles. The number of nitrogens with one attached hydrogen (secondary N) is 2. The van der Waals surface area contributed by atoms with E-state index in [2.05, 4.69) is 15.8 Å². The third-order valence-electron chi connectivity index (χ3n) is 4.35. The molecule has 3 aromatic carbocycles. The van der Waals surface area contributed by atoms with Gasteiger partial charge < -0.3 is 19.5 Å². The Morgan fingerprint density at radius 3 is 2.50 bits per heavy atom. The van der Waals surface area contributed by atoms with Crippen molar-refractivity contribution in [1.82, 2.24) is 5.43 Å². The van der Waals surface area contributed by atoms with Crippen molar-refractivity contribution < 1.29 is 19.0 Å². The molecule has 0 bridgehead atoms. The SMILES string of the molecule is CCOc1cc(/C=N\NC(=S)Nc2ccc(OC)cc2)ccc1OC(=O)c1ccc(Cl)cc1Cl. The summed E-state index contributed by atoms with van der Waals surface area (Å²) < 4.78 is 16.2. The van der Waals surface area contributed by atoms with Crippen LogP contribution in [-0.2, 0) is 0 Å². The van der Waals surface area contributed by atoms with Gasteiger partial charge in [0.25, 0.3) is 0 Å². The van der Waals surface area contributed by atoms with Crippen LogP contribution in [-0.4, -0.2) is 31.0 Å². The first-order chi connectivity index (χ1) is 16.4. The van der Waals surface area contributed by atoms with Gasteiger partial charge in [-0.3, -0.25) is 5.43 Å². The number of halogens is 2. The highest BCUT2D eigenvalue weighted by atomic mass is 35.5. The fourth-order valence-electron chi connectivity index (χ4n) is 2.77. The van der Waals surface area contributed by atoms with Crippen molar-refractivity contribution in [2.75, 3.05) is 19.0 Å². The third-order valence-corrected chi connectivity index (χ3v) is 5.09. The molecule has 0 heterocycles. The van der Waals surface area contributed by atoms with E-state index in [0.717, 1.165) is 11.4 Å². The molecular weight excluding hydrogens is 497 g/mol. The summed E-state index contributed by atoms with van der Waals surface area (Å²) in [6, 6.07) is 16.9. The Kier molecular flexibility index (Phi) is 9.09. The van der Waals surface area contributed by atoms with E-state index in [1.165, 1.54) is 12.1 Å². The zero-order valence-electron chi connectivity index (χ0n) is 18.3. The summed E-state index contributed by atoms with van der Waals surface area (Å²) in [5.74, 6) is 0.752. The maximum Gasteiger partial charge on any atom is 0.345 e. The molecule has 0 aliphatic rings. The number of benzene rings is 3. The quantitative estimate of drug-likeness (QED) is 0.126. The van der Waals surface area contributed by atoms with Gasteiger partial charge in [-0.1, -0.05) is 23.2 Å². The van der Waals surface area contributed by atoms with Crippen LogP contribution in [0.3, 0.4) is 0 Å². The first-order valence-corrected chi connectivity index (χ1v) is 11.2. The summed E-state index contributed by atoms with van der Waals surface area (Å²) in [7, 11) is 1.60. The molecule has 0 saturated heterocycles. The fourth-order valence-corrected chi connectivity index (χ4v) is 3.42. The van der Waals surface area contributed by atoms with E-state index in [4.69, 9.17) is 49.6 Å². The van der Waals surface area contributed by atoms with Gasteiger partial charge in [0.1, 0.15) is 5.75 Å². The first-order valence-electron chi connectivity index (χ1n) is 10.1. The number of esters is 1. The van der Waals surface area contributed by atoms with E-state index in [1.54, 1.807) is 37.6 Å². The van der Waals surface area contributed by atoms with E-state index in [9.17, 15) is 4.79 Å². The molecule has 0 atom stereocenters. The number of nitrogens with zero attached hydrogens (tertiary/aromatic N) is 1. The molecule has 0 fully saturated rings. The minimum atomic E-state index is -0.624. The summed E-state index contributed by atoms with van der Waals surface area (Å²) in [5.41, 5.74) is 4.43. The second-order valence-electron chi connectivity index (χ2n) is 6.71. The minimum absolute atomic E-state index is 0.196. The Labute approximate surface area is 212 Å². The van der Waals surface area contributed by atoms with Gasteiger partial charge in [-0.25, -0.2) is 4.79 Å². The van der Waals surface area contributed by atoms with Crippen LogP contribution < -0.4 is 25.0 Å². The normalized spacial score (nSPS) is 10.6. The van der Waals surface area contributed by atoms with Crippen molar-refractivity contribution in [3.8, 4) is 17.2 Å². The zero-order chi connectivity index (χ0) is 24.5. The summed E-state index contributed by atoms with van der Waals surface area (Å²) in [6.45, 7) is 2.20. The van der Waals surface area contributed by atoms with Crippen molar-refractivity contribution in [2.45, 2.75) is 6.92 Å². The van der Waals surface area contributed by atoms with Crippen LogP contribution >= 0.6 is 35.4 Å². The Balaban J connectivity index is 1.65. The second-order valence-corrected chi connectivity index (χ2v) is 7.96. The van der Waals surface area contributed by atoms with E-state index in [1.807, 2.05) is 31.2 Å². The lowest BCUT2D eigenvalue weighted by Crippen LogP contribution is -2.23. The smallest absolute Gasteiger partial charge is 0.345 e. The molecule has 0 radical (unpaired) electrons. The number of anilines is 1. The van der Waals surface area contributed by atoms with Crippen molar-refractivity contribution in [2.24, 2.45) is 5.10 Å². The highest BCUT2D eigenvalue weighted by Gasteiger charge is 2.16. The standard InChI is InChI=1S/C24H21Cl2N3O4S/c1-3-32-22-12-15(14-27-29-24(34)28-17-6-8-18(31-2)9-7-17)4-11-21(22)33-23(30)19-10-5-16(25)13-20(19)26/h4-14H,3H2,1-2H3,(H2,28,29,34)/b27-14-. The van der Waals surface area contributed by atoms with Crippen molar-refractivity contribution in [3.63, 3.8) is 0 Å². The molecule has 0 aromatic heterocycles. The van der Waals surface area contributed by atoms with Gasteiger partial charge in [0, 0.05) is 10.7 Å². The predicted molar refractivity (Wildman–Crippen MR) is 139 cm³/mol. The summed E-state index contributed by atoms with van der Waals surface area (Å²) in [4.78, 5) is 12.6. The molecule has 176 valence electrons. The van der Waals surface area contributed by atoms with E-state index >= 15 is 0 Å². The maximum absolute atomic E-state index is 12.6. The minimum Gasteiger partial charge on any atom is -0.497 e. The van der Waals surface area contributed by atoms with Gasteiger partial charge in [-0.15, -0.1) is 0 Å². The van der Waals surface area contributed by atoms with E-state index in [-0.39, 0.29) is 16.3 Å². The zero-order valence-corrected chi connectivity index (χ0v) is 20.6. The van der Waals surface area contributed by atoms with Gasteiger partial charge in [0.15, 0.2) is 16.6 Å². The molecule has 2 N–H and O–H groups in total. The molecule has 3 aromatic rings. The number of hydrogen-bond acceptors (Lipinski definition) is 6. The van der Waals surface area contributed by atoms with Gasteiger partial charge in [0.2, 0.25) is 0 Å². The number of hydrazone groups is 1. The summed E-state index contributed by atoms with van der Waals surface area (Å²) in [5, 5.41) is 8.09. The fraction of sp³-hybridized carbons (Fsp3) is 0.125. The second kappa shape index (κ2) is 12.2. The van der Waals surface area contributed by atoms with Gasteiger partial charge in [-0.05, 0) is 85.4 Å². The lowest BCUT2D eigenvalue weighted by molar-refractivity contribution is 0.0728. The average molecular weight is 518 g/mol. The molecule has 3 rings (SSSR count). The molecule has 10 heteroatoms. The van der Waals surface area contributed by atoms with Crippen LogP contribution in [0, 0.1) is 0 Å². The summed E-state index contributed by atoms with van der Waals surface area (Å²) >= 11 is 17.2. The predicted octanol–water partition coefficient (Wildman–Crippen LogP) is 5.94. The molecule has 0 unspecified atom stereocenters. The number of hydrogen-bond donors (Lipinski definition) is 2. The highest BCUT2D eigenvalue weighted by Crippen LogP contribution is 2.30. The maximum atomic E-state index is 12.6. The average Bonchev–Trinajstić information content (AvgIpc) is 2.81. The molecule has 34 heavy (non-hydrogen) atoms. The Hall–Kier alpha value is -3.33. The molecule has 0 aliphatic heterocycles. The van der Waals surface area contributed by atoms with Crippen LogP contribution in [0.15, 0.2) is 65.8 Å². The van der Waals surface area contributed by atoms with Crippen molar-refractivity contribution in [3.05, 3.63) is 81.8 Å². The number of ether oxygens (including phenoxy) is 3. The number of thiocarbonyl (C=S) groups is 1. The largest absolute Gasteiger partial charge is 0.497 e. The molecule has 7 nitrogen and oxygen atoms in total. The van der Waals surface area contributed by atoms with E-state index < -0.39 is 5.97 Å². The summed E-state index contributed by atoms with van der Waals surface area (Å²) in [6.07, 6.45) is 1.56. The highest BCUT2D eigenvalue weighted by molar-refractivity contribution is 7.80. The monoisotopic (exact) mass is 517 g/mol. The Bertz CT molecular complexity index is 1200. The lowest BCUT2D eigenvalue weighted by atomic mass is 10.2. The molecule has 0 amide bonds. The molecule has 0 saturated carbocycles. The number of rotatable bonds is 8. The van der Waals surface area contributed by atoms with Crippen LogP contribution in [0.5, 0.6) is 17.2 Å². The lowest BCUT2D eigenvalue weighted by Gasteiger charge is -2.12. The molecule has 0 spiro atoms. The molecular formula is C24H21Cl2N3O4S. The topological polar surface area (TPSA) is 81.2 Å². The Morgan fingerprint density at radius 1 is 1.06 bits per heavy atom. The number of methoxy groups -OCH3 is 1. The van der Waals surface area contributed by atoms with E-state index in [0.29, 0.717) is 28.1 Å².